The molecule has 8 nitrogen and oxygen atoms in total. The van der Waals surface area contributed by atoms with Crippen molar-refractivity contribution in [1.29, 1.82) is 0 Å². The molecule has 1 aromatic heterocycles. The van der Waals surface area contributed by atoms with Gasteiger partial charge in [-0.1, -0.05) is 6.07 Å². The summed E-state index contributed by atoms with van der Waals surface area (Å²) in [5.41, 5.74) is 0.941. The summed E-state index contributed by atoms with van der Waals surface area (Å²) in [5.74, 6) is 3.90. The normalized spacial score (nSPS) is 19.4. The Labute approximate surface area is 163 Å². The van der Waals surface area contributed by atoms with Gasteiger partial charge in [-0.3, -0.25) is 4.79 Å². The topological polar surface area (TPSA) is 78.7 Å². The molecule has 8 heteroatoms. The summed E-state index contributed by atoms with van der Waals surface area (Å²) in [5, 5.41) is 4.73. The minimum Gasteiger partial charge on any atom is -0.454 e. The molecule has 4 heterocycles. The van der Waals surface area contributed by atoms with Gasteiger partial charge < -0.3 is 19.1 Å². The van der Waals surface area contributed by atoms with Gasteiger partial charge in [-0.15, -0.1) is 0 Å². The van der Waals surface area contributed by atoms with E-state index in [1.807, 2.05) is 27.8 Å². The predicted octanol–water partition coefficient (Wildman–Crippen LogP) is 1.53. The fourth-order valence-corrected chi connectivity index (χ4v) is 4.04. The Morgan fingerprint density at radius 1 is 1.11 bits per heavy atom. The Hall–Kier alpha value is -2.61. The number of hydrogen-bond donors (Lipinski definition) is 0. The maximum Gasteiger partial charge on any atom is 0.231 e. The summed E-state index contributed by atoms with van der Waals surface area (Å²) >= 11 is 0. The predicted molar refractivity (Wildman–Crippen MR) is 99.4 cm³/mol. The summed E-state index contributed by atoms with van der Waals surface area (Å²) in [7, 11) is 0. The van der Waals surface area contributed by atoms with E-state index in [4.69, 9.17) is 24.3 Å². The number of benzene rings is 1. The molecular formula is C20H24N4O4. The highest BCUT2D eigenvalue weighted by molar-refractivity contribution is 5.79. The van der Waals surface area contributed by atoms with Crippen molar-refractivity contribution in [3.05, 3.63) is 35.4 Å². The van der Waals surface area contributed by atoms with Crippen molar-refractivity contribution < 1.29 is 19.0 Å². The van der Waals surface area contributed by atoms with Crippen LogP contribution in [0.1, 0.15) is 36.0 Å². The first-order valence-electron chi connectivity index (χ1n) is 9.94. The maximum absolute atomic E-state index is 12.8. The molecule has 0 saturated carbocycles. The molecule has 0 N–H and O–H groups in total. The molecule has 3 aliphatic heterocycles. The summed E-state index contributed by atoms with van der Waals surface area (Å²) < 4.78 is 18.2. The van der Waals surface area contributed by atoms with Gasteiger partial charge in [-0.2, -0.15) is 5.10 Å². The number of rotatable bonds is 3. The van der Waals surface area contributed by atoms with Crippen molar-refractivity contribution >= 4 is 5.91 Å². The molecule has 5 rings (SSSR count). The number of ether oxygens (including phenoxy) is 3. The van der Waals surface area contributed by atoms with Crippen LogP contribution in [0, 0.1) is 0 Å². The zero-order valence-electron chi connectivity index (χ0n) is 15.8. The van der Waals surface area contributed by atoms with Crippen LogP contribution in [0.5, 0.6) is 11.5 Å². The fourth-order valence-electron chi connectivity index (χ4n) is 4.04. The lowest BCUT2D eigenvalue weighted by Gasteiger charge is -2.21. The quantitative estimate of drug-likeness (QED) is 0.799. The molecule has 2 aromatic rings. The van der Waals surface area contributed by atoms with Crippen LogP contribution >= 0.6 is 0 Å². The summed E-state index contributed by atoms with van der Waals surface area (Å²) in [4.78, 5) is 19.5. The highest BCUT2D eigenvalue weighted by Gasteiger charge is 2.25. The molecule has 0 spiro atoms. The number of amides is 1. The lowest BCUT2D eigenvalue weighted by Crippen LogP contribution is -2.35. The van der Waals surface area contributed by atoms with Crippen LogP contribution in [0.2, 0.25) is 0 Å². The van der Waals surface area contributed by atoms with E-state index in [-0.39, 0.29) is 12.7 Å². The van der Waals surface area contributed by atoms with E-state index >= 15 is 0 Å². The maximum atomic E-state index is 12.8. The van der Waals surface area contributed by atoms with Crippen LogP contribution in [0.3, 0.4) is 0 Å². The van der Waals surface area contributed by atoms with Gasteiger partial charge in [0, 0.05) is 38.6 Å². The van der Waals surface area contributed by atoms with Crippen molar-refractivity contribution in [2.45, 2.75) is 38.1 Å². The molecule has 1 saturated heterocycles. The van der Waals surface area contributed by atoms with E-state index in [0.29, 0.717) is 37.7 Å². The van der Waals surface area contributed by atoms with Crippen molar-refractivity contribution in [1.82, 2.24) is 19.7 Å². The molecule has 1 aromatic carbocycles. The Bertz CT molecular complexity index is 850. The van der Waals surface area contributed by atoms with E-state index in [1.54, 1.807) is 0 Å². The zero-order chi connectivity index (χ0) is 18.9. The Morgan fingerprint density at radius 3 is 2.86 bits per heavy atom. The Morgan fingerprint density at radius 2 is 1.96 bits per heavy atom. The second-order valence-corrected chi connectivity index (χ2v) is 7.49. The third-order valence-electron chi connectivity index (χ3n) is 5.68. The van der Waals surface area contributed by atoms with Crippen molar-refractivity contribution in [3.63, 3.8) is 0 Å². The minimum absolute atomic E-state index is 0.120. The molecule has 0 atom stereocenters. The molecule has 148 valence electrons. The van der Waals surface area contributed by atoms with Gasteiger partial charge in [-0.25, -0.2) is 9.67 Å². The van der Waals surface area contributed by atoms with Crippen LogP contribution < -0.4 is 9.47 Å². The molecule has 0 aliphatic carbocycles. The third-order valence-corrected chi connectivity index (χ3v) is 5.68. The number of carbonyl (C=O) groups is 1. The van der Waals surface area contributed by atoms with Crippen molar-refractivity contribution in [2.24, 2.45) is 0 Å². The lowest BCUT2D eigenvalue weighted by atomic mass is 10.00. The molecule has 0 unspecified atom stereocenters. The average molecular weight is 384 g/mol. The lowest BCUT2D eigenvalue weighted by molar-refractivity contribution is -0.130. The molecular weight excluding hydrogens is 360 g/mol. The van der Waals surface area contributed by atoms with E-state index in [0.717, 1.165) is 55.4 Å². The smallest absolute Gasteiger partial charge is 0.231 e. The summed E-state index contributed by atoms with van der Waals surface area (Å²) in [6.45, 7) is 3.85. The van der Waals surface area contributed by atoms with Gasteiger partial charge >= 0.3 is 0 Å². The average Bonchev–Trinajstić information content (AvgIpc) is 3.30. The molecule has 1 amide bonds. The van der Waals surface area contributed by atoms with Crippen molar-refractivity contribution in [2.75, 3.05) is 33.1 Å². The summed E-state index contributed by atoms with van der Waals surface area (Å²) in [6.07, 6.45) is 3.08. The Kier molecular flexibility index (Phi) is 4.64. The third kappa shape index (κ3) is 3.44. The first kappa shape index (κ1) is 17.5. The minimum atomic E-state index is 0.120. The van der Waals surface area contributed by atoms with E-state index in [2.05, 4.69) is 0 Å². The van der Waals surface area contributed by atoms with Gasteiger partial charge in [0.2, 0.25) is 12.7 Å². The van der Waals surface area contributed by atoms with Gasteiger partial charge in [0.25, 0.3) is 0 Å². The van der Waals surface area contributed by atoms with E-state index in [1.165, 1.54) is 0 Å². The monoisotopic (exact) mass is 384 g/mol. The highest BCUT2D eigenvalue weighted by Crippen LogP contribution is 2.32. The van der Waals surface area contributed by atoms with E-state index < -0.39 is 0 Å². The van der Waals surface area contributed by atoms with Gasteiger partial charge in [0.05, 0.1) is 13.0 Å². The standard InChI is InChI=1S/C20H24N4O4/c25-19(12-14-1-2-16-17(11-14)28-13-27-16)23-6-3-18-21-20(22-24(18)8-7-23)15-4-9-26-10-5-15/h1-2,11,15H,3-10,12-13H2. The van der Waals surface area contributed by atoms with Crippen LogP contribution in [0.25, 0.3) is 0 Å². The van der Waals surface area contributed by atoms with Crippen LogP contribution in [-0.4, -0.2) is 58.7 Å². The number of carbonyl (C=O) groups excluding carboxylic acids is 1. The second kappa shape index (κ2) is 7.43. The van der Waals surface area contributed by atoms with Gasteiger partial charge in [0.15, 0.2) is 17.3 Å². The summed E-state index contributed by atoms with van der Waals surface area (Å²) in [6, 6.07) is 5.69. The van der Waals surface area contributed by atoms with Crippen LogP contribution in [0.4, 0.5) is 0 Å². The number of nitrogens with zero attached hydrogens (tertiary/aromatic N) is 4. The fraction of sp³-hybridized carbons (Fsp3) is 0.550. The molecule has 28 heavy (non-hydrogen) atoms. The van der Waals surface area contributed by atoms with Crippen molar-refractivity contribution in [3.8, 4) is 11.5 Å². The first-order chi connectivity index (χ1) is 13.8. The van der Waals surface area contributed by atoms with E-state index in [9.17, 15) is 4.79 Å². The number of fused-ring (bicyclic) bond motifs is 2. The zero-order valence-corrected chi connectivity index (χ0v) is 15.8. The number of hydrogen-bond acceptors (Lipinski definition) is 6. The Balaban J connectivity index is 1.22. The molecule has 0 bridgehead atoms. The molecule has 3 aliphatic rings. The molecule has 1 fully saturated rings. The second-order valence-electron chi connectivity index (χ2n) is 7.49. The van der Waals surface area contributed by atoms with Gasteiger partial charge in [-0.05, 0) is 30.5 Å². The number of aromatic nitrogens is 3. The van der Waals surface area contributed by atoms with Gasteiger partial charge in [0.1, 0.15) is 5.82 Å². The highest BCUT2D eigenvalue weighted by atomic mass is 16.7. The first-order valence-corrected chi connectivity index (χ1v) is 9.94. The SMILES string of the molecule is O=C(Cc1ccc2c(c1)OCO2)N1CCc2nc(C3CCOCC3)nn2CC1. The van der Waals surface area contributed by atoms with Crippen LogP contribution in [0.15, 0.2) is 18.2 Å². The van der Waals surface area contributed by atoms with Crippen LogP contribution in [-0.2, 0) is 28.9 Å². The molecule has 0 radical (unpaired) electrons. The largest absolute Gasteiger partial charge is 0.454 e.